The first-order valence-electron chi connectivity index (χ1n) is 6.50. The standard InChI is InChI=1S/C14H21N3.HI/c1-3-10-16-14(15-4-2)17-11-9-12-7-5-6-8-13(12)17;/h5-8H,3-4,9-11H2,1-2H3,(H,15,16);1H. The van der Waals surface area contributed by atoms with E-state index < -0.39 is 0 Å². The molecular weight excluding hydrogens is 337 g/mol. The maximum absolute atomic E-state index is 4.64. The van der Waals surface area contributed by atoms with Crippen molar-refractivity contribution >= 4 is 35.6 Å². The van der Waals surface area contributed by atoms with Gasteiger partial charge in [-0.2, -0.15) is 0 Å². The maximum atomic E-state index is 4.64. The zero-order valence-corrected chi connectivity index (χ0v) is 13.5. The van der Waals surface area contributed by atoms with Gasteiger partial charge < -0.3 is 10.2 Å². The van der Waals surface area contributed by atoms with E-state index in [1.165, 1.54) is 11.3 Å². The molecule has 0 amide bonds. The van der Waals surface area contributed by atoms with Crippen LogP contribution in [0, 0.1) is 0 Å². The van der Waals surface area contributed by atoms with Gasteiger partial charge in [-0.3, -0.25) is 4.99 Å². The number of benzene rings is 1. The van der Waals surface area contributed by atoms with Crippen molar-refractivity contribution in [3.8, 4) is 0 Å². The molecule has 1 aromatic carbocycles. The van der Waals surface area contributed by atoms with Crippen molar-refractivity contribution in [2.24, 2.45) is 4.99 Å². The molecule has 3 nitrogen and oxygen atoms in total. The van der Waals surface area contributed by atoms with Crippen molar-refractivity contribution in [3.05, 3.63) is 29.8 Å². The van der Waals surface area contributed by atoms with Gasteiger partial charge in [0, 0.05) is 25.3 Å². The number of halogens is 1. The number of aliphatic imine (C=N–C) groups is 1. The molecule has 1 aliphatic heterocycles. The SMILES string of the molecule is CCCN=C(NCC)N1CCc2ccccc21.I. The number of para-hydroxylation sites is 1. The fourth-order valence-electron chi connectivity index (χ4n) is 2.17. The van der Waals surface area contributed by atoms with Crippen LogP contribution in [-0.4, -0.2) is 25.6 Å². The minimum atomic E-state index is 0. The summed E-state index contributed by atoms with van der Waals surface area (Å²) in [5.41, 5.74) is 2.73. The van der Waals surface area contributed by atoms with Crippen LogP contribution in [-0.2, 0) is 6.42 Å². The van der Waals surface area contributed by atoms with Gasteiger partial charge >= 0.3 is 0 Å². The van der Waals surface area contributed by atoms with Gasteiger partial charge in [0.05, 0.1) is 0 Å². The van der Waals surface area contributed by atoms with E-state index in [-0.39, 0.29) is 24.0 Å². The van der Waals surface area contributed by atoms with Crippen LogP contribution >= 0.6 is 24.0 Å². The molecule has 100 valence electrons. The molecule has 1 aromatic rings. The molecule has 0 aliphatic carbocycles. The second-order valence-corrected chi connectivity index (χ2v) is 4.27. The Kier molecular flexibility index (Phi) is 6.46. The summed E-state index contributed by atoms with van der Waals surface area (Å²) in [4.78, 5) is 6.94. The number of rotatable bonds is 3. The smallest absolute Gasteiger partial charge is 0.198 e. The molecule has 1 aliphatic rings. The summed E-state index contributed by atoms with van der Waals surface area (Å²) in [7, 11) is 0. The first-order chi connectivity index (χ1) is 8.36. The van der Waals surface area contributed by atoms with E-state index in [0.717, 1.165) is 38.4 Å². The topological polar surface area (TPSA) is 27.6 Å². The number of guanidine groups is 1. The molecule has 18 heavy (non-hydrogen) atoms. The van der Waals surface area contributed by atoms with Gasteiger partial charge in [0.2, 0.25) is 0 Å². The molecule has 0 saturated heterocycles. The van der Waals surface area contributed by atoms with Crippen molar-refractivity contribution in [1.82, 2.24) is 5.32 Å². The van der Waals surface area contributed by atoms with Crippen molar-refractivity contribution in [2.75, 3.05) is 24.5 Å². The summed E-state index contributed by atoms with van der Waals surface area (Å²) in [6.45, 7) is 7.12. The van der Waals surface area contributed by atoms with Crippen LogP contribution in [0.4, 0.5) is 5.69 Å². The third kappa shape index (κ3) is 3.37. The summed E-state index contributed by atoms with van der Waals surface area (Å²) < 4.78 is 0. The van der Waals surface area contributed by atoms with Crippen LogP contribution in [0.15, 0.2) is 29.3 Å². The highest BCUT2D eigenvalue weighted by Crippen LogP contribution is 2.27. The Labute approximate surface area is 127 Å². The van der Waals surface area contributed by atoms with Crippen LogP contribution in [0.1, 0.15) is 25.8 Å². The van der Waals surface area contributed by atoms with Crippen LogP contribution < -0.4 is 10.2 Å². The lowest BCUT2D eigenvalue weighted by atomic mass is 10.2. The Morgan fingerprint density at radius 1 is 1.33 bits per heavy atom. The maximum Gasteiger partial charge on any atom is 0.198 e. The van der Waals surface area contributed by atoms with Gasteiger partial charge in [-0.1, -0.05) is 25.1 Å². The number of nitrogens with zero attached hydrogens (tertiary/aromatic N) is 2. The lowest BCUT2D eigenvalue weighted by molar-refractivity contribution is 0.861. The van der Waals surface area contributed by atoms with Crippen LogP contribution in [0.3, 0.4) is 0 Å². The van der Waals surface area contributed by atoms with Gasteiger partial charge in [-0.05, 0) is 31.4 Å². The van der Waals surface area contributed by atoms with Gasteiger partial charge in [0.15, 0.2) is 5.96 Å². The second kappa shape index (κ2) is 7.61. The molecule has 0 radical (unpaired) electrons. The number of fused-ring (bicyclic) bond motifs is 1. The normalized spacial score (nSPS) is 14.1. The summed E-state index contributed by atoms with van der Waals surface area (Å²) in [5.74, 6) is 1.03. The third-order valence-corrected chi connectivity index (χ3v) is 2.96. The number of hydrogen-bond acceptors (Lipinski definition) is 1. The first-order valence-corrected chi connectivity index (χ1v) is 6.50. The molecule has 0 bridgehead atoms. The minimum Gasteiger partial charge on any atom is -0.356 e. The average Bonchev–Trinajstić information content (AvgIpc) is 2.78. The first kappa shape index (κ1) is 15.3. The van der Waals surface area contributed by atoms with Crippen LogP contribution in [0.5, 0.6) is 0 Å². The molecule has 0 spiro atoms. The number of nitrogens with one attached hydrogen (secondary N) is 1. The Balaban J connectivity index is 0.00000162. The molecule has 1 N–H and O–H groups in total. The highest BCUT2D eigenvalue weighted by molar-refractivity contribution is 14.0. The second-order valence-electron chi connectivity index (χ2n) is 4.27. The van der Waals surface area contributed by atoms with Crippen molar-refractivity contribution in [3.63, 3.8) is 0 Å². The van der Waals surface area contributed by atoms with Crippen molar-refractivity contribution < 1.29 is 0 Å². The highest BCUT2D eigenvalue weighted by atomic mass is 127. The molecule has 0 fully saturated rings. The lowest BCUT2D eigenvalue weighted by Gasteiger charge is -2.22. The molecule has 0 saturated carbocycles. The quantitative estimate of drug-likeness (QED) is 0.510. The van der Waals surface area contributed by atoms with Crippen LogP contribution in [0.2, 0.25) is 0 Å². The summed E-state index contributed by atoms with van der Waals surface area (Å²) in [5, 5.41) is 3.38. The summed E-state index contributed by atoms with van der Waals surface area (Å²) in [6.07, 6.45) is 2.21. The summed E-state index contributed by atoms with van der Waals surface area (Å²) in [6, 6.07) is 8.60. The Hall–Kier alpha value is -0.780. The Morgan fingerprint density at radius 3 is 2.83 bits per heavy atom. The van der Waals surface area contributed by atoms with E-state index in [4.69, 9.17) is 0 Å². The molecule has 0 atom stereocenters. The third-order valence-electron chi connectivity index (χ3n) is 2.96. The van der Waals surface area contributed by atoms with Gasteiger partial charge in [0.25, 0.3) is 0 Å². The van der Waals surface area contributed by atoms with Gasteiger partial charge in [-0.25, -0.2) is 0 Å². The lowest BCUT2D eigenvalue weighted by Crippen LogP contribution is -2.40. The predicted octanol–water partition coefficient (Wildman–Crippen LogP) is 3.04. The van der Waals surface area contributed by atoms with Gasteiger partial charge in [0.1, 0.15) is 0 Å². The van der Waals surface area contributed by atoms with E-state index in [1.807, 2.05) is 0 Å². The number of hydrogen-bond donors (Lipinski definition) is 1. The van der Waals surface area contributed by atoms with E-state index in [1.54, 1.807) is 0 Å². The van der Waals surface area contributed by atoms with E-state index >= 15 is 0 Å². The van der Waals surface area contributed by atoms with Crippen molar-refractivity contribution in [1.29, 1.82) is 0 Å². The predicted molar refractivity (Wildman–Crippen MR) is 89.2 cm³/mol. The Morgan fingerprint density at radius 2 is 2.11 bits per heavy atom. The number of anilines is 1. The van der Waals surface area contributed by atoms with E-state index in [9.17, 15) is 0 Å². The molecule has 1 heterocycles. The monoisotopic (exact) mass is 359 g/mol. The van der Waals surface area contributed by atoms with Gasteiger partial charge in [-0.15, -0.1) is 24.0 Å². The molecule has 0 unspecified atom stereocenters. The highest BCUT2D eigenvalue weighted by Gasteiger charge is 2.21. The molecule has 4 heteroatoms. The zero-order chi connectivity index (χ0) is 12.1. The zero-order valence-electron chi connectivity index (χ0n) is 11.1. The molecule has 2 rings (SSSR count). The van der Waals surface area contributed by atoms with Crippen molar-refractivity contribution in [2.45, 2.75) is 26.7 Å². The largest absolute Gasteiger partial charge is 0.356 e. The van der Waals surface area contributed by atoms with Crippen LogP contribution in [0.25, 0.3) is 0 Å². The molecular formula is C14H22IN3. The summed E-state index contributed by atoms with van der Waals surface area (Å²) >= 11 is 0. The van der Waals surface area contributed by atoms with E-state index in [0.29, 0.717) is 0 Å². The average molecular weight is 359 g/mol. The fourth-order valence-corrected chi connectivity index (χ4v) is 2.17. The molecule has 0 aromatic heterocycles. The Bertz CT molecular complexity index is 404. The van der Waals surface area contributed by atoms with E-state index in [2.05, 4.69) is 53.3 Å². The fraction of sp³-hybridized carbons (Fsp3) is 0.500. The minimum absolute atomic E-state index is 0.